The van der Waals surface area contributed by atoms with E-state index in [1.54, 1.807) is 18.2 Å². The van der Waals surface area contributed by atoms with Crippen molar-refractivity contribution in [3.8, 4) is 0 Å². The molecular weight excluding hydrogens is 249 g/mol. The number of urea groups is 1. The maximum atomic E-state index is 11.9. The van der Waals surface area contributed by atoms with E-state index in [1.165, 1.54) is 12.1 Å². The minimum Gasteiger partial charge on any atom is -0.280 e. The number of benzene rings is 1. The van der Waals surface area contributed by atoms with Gasteiger partial charge in [-0.15, -0.1) is 6.58 Å². The molecule has 0 aliphatic rings. The van der Waals surface area contributed by atoms with Gasteiger partial charge in [-0.25, -0.2) is 10.1 Å². The Morgan fingerprint density at radius 2 is 1.94 bits per heavy atom. The minimum absolute atomic E-state index is 0.0652. The first-order valence-electron chi connectivity index (χ1n) is 4.91. The number of alkyl halides is 3. The van der Waals surface area contributed by atoms with Crippen LogP contribution in [-0.4, -0.2) is 17.5 Å². The van der Waals surface area contributed by atoms with Crippen LogP contribution in [0.1, 0.15) is 5.56 Å². The largest absolute Gasteiger partial charge is 0.486 e. The quantitative estimate of drug-likeness (QED) is 0.380. The second kappa shape index (κ2) is 5.54. The third-order valence-corrected chi connectivity index (χ3v) is 2.00. The van der Waals surface area contributed by atoms with Gasteiger partial charge in [0.05, 0.1) is 5.69 Å². The highest BCUT2D eigenvalue weighted by Gasteiger charge is 2.32. The molecule has 0 bridgehead atoms. The van der Waals surface area contributed by atoms with Crippen LogP contribution in [0.25, 0.3) is 0 Å². The van der Waals surface area contributed by atoms with E-state index in [9.17, 15) is 23.2 Å². The van der Waals surface area contributed by atoms with E-state index in [0.29, 0.717) is 11.7 Å². The van der Waals surface area contributed by atoms with Gasteiger partial charge in [-0.3, -0.25) is 5.21 Å². The summed E-state index contributed by atoms with van der Waals surface area (Å²) in [6, 6.07) is 4.13. The number of hydrogen-bond donors (Lipinski definition) is 2. The first-order chi connectivity index (χ1) is 8.33. The van der Waals surface area contributed by atoms with Gasteiger partial charge in [-0.05, 0) is 24.1 Å². The number of carbonyl (C=O) groups excluding carboxylic acids is 1. The Morgan fingerprint density at radius 3 is 2.39 bits per heavy atom. The molecule has 0 unspecified atom stereocenters. The molecule has 98 valence electrons. The van der Waals surface area contributed by atoms with E-state index in [2.05, 4.69) is 6.58 Å². The fourth-order valence-electron chi connectivity index (χ4n) is 1.23. The number of hydrogen-bond acceptors (Lipinski definition) is 2. The highest BCUT2D eigenvalue weighted by Crippen LogP contribution is 2.16. The Balaban J connectivity index is 2.74. The number of allylic oxidation sites excluding steroid dienone is 1. The number of rotatable bonds is 3. The third-order valence-electron chi connectivity index (χ3n) is 2.00. The van der Waals surface area contributed by atoms with Crippen molar-refractivity contribution in [3.63, 3.8) is 0 Å². The number of carbonyl (C=O) groups is 1. The summed E-state index contributed by atoms with van der Waals surface area (Å²) < 4.78 is 35.6. The first-order valence-corrected chi connectivity index (χ1v) is 4.91. The van der Waals surface area contributed by atoms with Crippen molar-refractivity contribution in [2.24, 2.45) is 0 Å². The summed E-state index contributed by atoms with van der Waals surface area (Å²) in [5, 5.41) is 9.85. The van der Waals surface area contributed by atoms with E-state index >= 15 is 0 Å². The van der Waals surface area contributed by atoms with Gasteiger partial charge in [-0.1, -0.05) is 18.2 Å². The Labute approximate surface area is 101 Å². The van der Waals surface area contributed by atoms with Crippen molar-refractivity contribution in [2.75, 3.05) is 5.06 Å². The number of halogens is 3. The van der Waals surface area contributed by atoms with Gasteiger partial charge in [0.2, 0.25) is 0 Å². The van der Waals surface area contributed by atoms with Gasteiger partial charge < -0.3 is 0 Å². The van der Waals surface area contributed by atoms with Crippen LogP contribution in [0, 0.1) is 0 Å². The number of nitrogens with one attached hydrogen (secondary N) is 1. The minimum atomic E-state index is -4.89. The Kier molecular flexibility index (Phi) is 4.33. The molecular formula is C11H11F3N2O2. The molecule has 0 heterocycles. The molecule has 0 saturated heterocycles. The zero-order chi connectivity index (χ0) is 13.8. The zero-order valence-corrected chi connectivity index (χ0v) is 9.24. The number of amides is 2. The lowest BCUT2D eigenvalue weighted by molar-refractivity contribution is -0.146. The predicted molar refractivity (Wildman–Crippen MR) is 59.2 cm³/mol. The van der Waals surface area contributed by atoms with Gasteiger partial charge >= 0.3 is 12.3 Å². The lowest BCUT2D eigenvalue weighted by Crippen LogP contribution is -2.45. The Morgan fingerprint density at radius 1 is 1.39 bits per heavy atom. The van der Waals surface area contributed by atoms with Gasteiger partial charge in [0.1, 0.15) is 0 Å². The fraction of sp³-hybridized carbons (Fsp3) is 0.182. The highest BCUT2D eigenvalue weighted by molar-refractivity contribution is 5.89. The third kappa shape index (κ3) is 4.10. The lowest BCUT2D eigenvalue weighted by atomic mass is 10.1. The van der Waals surface area contributed by atoms with Crippen LogP contribution >= 0.6 is 0 Å². The lowest BCUT2D eigenvalue weighted by Gasteiger charge is -2.17. The molecule has 7 heteroatoms. The Hall–Kier alpha value is -2.02. The second-order valence-electron chi connectivity index (χ2n) is 3.40. The summed E-state index contributed by atoms with van der Waals surface area (Å²) >= 11 is 0. The van der Waals surface area contributed by atoms with Gasteiger partial charge in [-0.2, -0.15) is 18.2 Å². The molecule has 0 saturated carbocycles. The van der Waals surface area contributed by atoms with E-state index < -0.39 is 12.3 Å². The molecule has 2 N–H and O–H groups in total. The van der Waals surface area contributed by atoms with Gasteiger partial charge in [0.25, 0.3) is 0 Å². The maximum absolute atomic E-state index is 11.9. The second-order valence-corrected chi connectivity index (χ2v) is 3.40. The molecule has 1 aromatic carbocycles. The van der Waals surface area contributed by atoms with Crippen LogP contribution in [0.3, 0.4) is 0 Å². The summed E-state index contributed by atoms with van der Waals surface area (Å²) in [4.78, 5) is 11.0. The van der Waals surface area contributed by atoms with Crippen molar-refractivity contribution in [1.29, 1.82) is 0 Å². The summed E-state index contributed by atoms with van der Waals surface area (Å²) in [5.74, 6) is 0. The topological polar surface area (TPSA) is 52.6 Å². The molecule has 1 rings (SSSR count). The monoisotopic (exact) mass is 260 g/mol. The molecule has 0 aromatic heterocycles. The summed E-state index contributed by atoms with van der Waals surface area (Å²) in [6.07, 6.45) is -2.65. The van der Waals surface area contributed by atoms with Crippen molar-refractivity contribution in [1.82, 2.24) is 5.32 Å². The molecule has 0 aliphatic carbocycles. The van der Waals surface area contributed by atoms with Crippen LogP contribution in [0.2, 0.25) is 0 Å². The maximum Gasteiger partial charge on any atom is 0.486 e. The molecule has 2 amide bonds. The number of anilines is 1. The van der Waals surface area contributed by atoms with Crippen molar-refractivity contribution >= 4 is 11.7 Å². The zero-order valence-electron chi connectivity index (χ0n) is 9.24. The standard InChI is InChI=1S/C11H11F3N2O2/c1-2-3-8-4-6-9(7-5-8)16(18)10(17)15-11(12,13)14/h2,4-7,18H,1,3H2,(H,15,17). The molecule has 0 spiro atoms. The SMILES string of the molecule is C=CCc1ccc(N(O)C(=O)NC(F)(F)F)cc1. The average molecular weight is 260 g/mol. The van der Waals surface area contributed by atoms with Gasteiger partial charge in [0.15, 0.2) is 0 Å². The summed E-state index contributed by atoms with van der Waals surface area (Å²) in [7, 11) is 0. The van der Waals surface area contributed by atoms with E-state index in [-0.39, 0.29) is 10.8 Å². The first kappa shape index (κ1) is 14.0. The van der Waals surface area contributed by atoms with E-state index in [0.717, 1.165) is 5.56 Å². The van der Waals surface area contributed by atoms with E-state index in [4.69, 9.17) is 0 Å². The van der Waals surface area contributed by atoms with Crippen molar-refractivity contribution < 1.29 is 23.2 Å². The van der Waals surface area contributed by atoms with Crippen LogP contribution < -0.4 is 10.4 Å². The average Bonchev–Trinajstić information content (AvgIpc) is 2.27. The summed E-state index contributed by atoms with van der Waals surface area (Å²) in [6.45, 7) is 3.53. The van der Waals surface area contributed by atoms with Crippen LogP contribution in [0.4, 0.5) is 23.7 Å². The molecule has 1 aromatic rings. The summed E-state index contributed by atoms with van der Waals surface area (Å²) in [5.41, 5.74) is 0.794. The Bertz CT molecular complexity index is 429. The molecule has 4 nitrogen and oxygen atoms in total. The fourth-order valence-corrected chi connectivity index (χ4v) is 1.23. The molecule has 0 aliphatic heterocycles. The van der Waals surface area contributed by atoms with Crippen LogP contribution in [0.15, 0.2) is 36.9 Å². The van der Waals surface area contributed by atoms with Crippen LogP contribution in [0.5, 0.6) is 0 Å². The molecule has 0 radical (unpaired) electrons. The van der Waals surface area contributed by atoms with Crippen molar-refractivity contribution in [2.45, 2.75) is 12.7 Å². The molecule has 0 fully saturated rings. The normalized spacial score (nSPS) is 10.9. The number of nitrogens with zero attached hydrogens (tertiary/aromatic N) is 1. The van der Waals surface area contributed by atoms with Crippen molar-refractivity contribution in [3.05, 3.63) is 42.5 Å². The van der Waals surface area contributed by atoms with Crippen LogP contribution in [-0.2, 0) is 6.42 Å². The predicted octanol–water partition coefficient (Wildman–Crippen LogP) is 2.84. The smallest absolute Gasteiger partial charge is 0.280 e. The number of hydroxylamine groups is 1. The molecule has 0 atom stereocenters. The van der Waals surface area contributed by atoms with E-state index in [1.807, 2.05) is 0 Å². The highest BCUT2D eigenvalue weighted by atomic mass is 19.4. The molecule has 18 heavy (non-hydrogen) atoms. The van der Waals surface area contributed by atoms with Gasteiger partial charge in [0, 0.05) is 0 Å².